The molecule has 0 radical (unpaired) electrons. The van der Waals surface area contributed by atoms with E-state index in [0.29, 0.717) is 23.5 Å². The number of para-hydroxylation sites is 2. The summed E-state index contributed by atoms with van der Waals surface area (Å²) < 4.78 is 5.46. The average Bonchev–Trinajstić information content (AvgIpc) is 2.72. The molecule has 4 rings (SSSR count). The van der Waals surface area contributed by atoms with Gasteiger partial charge in [-0.15, -0.1) is 0 Å². The molecule has 3 aromatic carbocycles. The number of nitrogens with zero attached hydrogens (tertiary/aromatic N) is 1. The minimum atomic E-state index is -0.245. The van der Waals surface area contributed by atoms with Crippen molar-refractivity contribution in [1.29, 1.82) is 0 Å². The largest absolute Gasteiger partial charge is 0.508 e. The van der Waals surface area contributed by atoms with E-state index >= 15 is 0 Å². The molecule has 28 heavy (non-hydrogen) atoms. The molecule has 1 heterocycles. The highest BCUT2D eigenvalue weighted by Gasteiger charge is 2.25. The molecular weight excluding hydrogens is 356 g/mol. The number of ether oxygens (including phenoxy) is 1. The van der Waals surface area contributed by atoms with Crippen molar-refractivity contribution < 1.29 is 19.4 Å². The number of anilines is 2. The molecule has 140 valence electrons. The van der Waals surface area contributed by atoms with Crippen LogP contribution in [0.25, 0.3) is 0 Å². The van der Waals surface area contributed by atoms with Gasteiger partial charge in [-0.1, -0.05) is 24.3 Å². The van der Waals surface area contributed by atoms with E-state index in [4.69, 9.17) is 4.74 Å². The number of phenolic OH excluding ortho intramolecular Hbond substituents is 1. The maximum atomic E-state index is 12.4. The number of aromatic hydroxyl groups is 1. The number of hydrogen-bond donors (Lipinski definition) is 2. The lowest BCUT2D eigenvalue weighted by molar-refractivity contribution is -0.121. The third kappa shape index (κ3) is 3.66. The van der Waals surface area contributed by atoms with Crippen molar-refractivity contribution in [2.24, 2.45) is 0 Å². The molecule has 0 aliphatic carbocycles. The van der Waals surface area contributed by atoms with Crippen molar-refractivity contribution in [1.82, 2.24) is 0 Å². The second kappa shape index (κ2) is 7.44. The summed E-state index contributed by atoms with van der Waals surface area (Å²) in [4.78, 5) is 26.3. The van der Waals surface area contributed by atoms with Crippen LogP contribution in [0.15, 0.2) is 72.8 Å². The molecule has 2 N–H and O–H groups in total. The number of benzene rings is 3. The Balaban J connectivity index is 1.47. The van der Waals surface area contributed by atoms with E-state index in [9.17, 15) is 14.7 Å². The van der Waals surface area contributed by atoms with Gasteiger partial charge in [0.1, 0.15) is 11.5 Å². The average molecular weight is 374 g/mol. The van der Waals surface area contributed by atoms with Crippen molar-refractivity contribution in [3.05, 3.63) is 83.9 Å². The summed E-state index contributed by atoms with van der Waals surface area (Å²) in [7, 11) is 0. The van der Waals surface area contributed by atoms with E-state index in [1.54, 1.807) is 29.2 Å². The molecular formula is C22H18N2O4. The Morgan fingerprint density at radius 3 is 2.46 bits per heavy atom. The minimum Gasteiger partial charge on any atom is -0.508 e. The number of amides is 2. The summed E-state index contributed by atoms with van der Waals surface area (Å²) in [5.74, 6) is 0.478. The molecule has 0 spiro atoms. The fourth-order valence-corrected chi connectivity index (χ4v) is 3.02. The Bertz CT molecular complexity index is 1010. The third-order valence-electron chi connectivity index (χ3n) is 4.49. The van der Waals surface area contributed by atoms with Gasteiger partial charge in [0.25, 0.3) is 11.8 Å². The second-order valence-corrected chi connectivity index (χ2v) is 6.43. The Morgan fingerprint density at radius 1 is 1.00 bits per heavy atom. The van der Waals surface area contributed by atoms with E-state index in [1.807, 2.05) is 36.4 Å². The normalized spacial score (nSPS) is 12.9. The monoisotopic (exact) mass is 374 g/mol. The quantitative estimate of drug-likeness (QED) is 0.685. The molecule has 1 aliphatic rings. The highest BCUT2D eigenvalue weighted by Crippen LogP contribution is 2.32. The summed E-state index contributed by atoms with van der Waals surface area (Å²) in [6, 6.07) is 20.8. The maximum absolute atomic E-state index is 12.4. The predicted octanol–water partition coefficient (Wildman–Crippen LogP) is 3.57. The summed E-state index contributed by atoms with van der Waals surface area (Å²) >= 11 is 0. The summed E-state index contributed by atoms with van der Waals surface area (Å²) in [6.45, 7) is 0.420. The number of carbonyl (C=O) groups is 2. The molecule has 0 saturated heterocycles. The van der Waals surface area contributed by atoms with Crippen LogP contribution in [-0.4, -0.2) is 23.5 Å². The van der Waals surface area contributed by atoms with Crippen LogP contribution in [0.3, 0.4) is 0 Å². The zero-order valence-corrected chi connectivity index (χ0v) is 15.0. The second-order valence-electron chi connectivity index (χ2n) is 6.43. The Morgan fingerprint density at radius 2 is 1.71 bits per heavy atom. The van der Waals surface area contributed by atoms with Crippen molar-refractivity contribution in [2.45, 2.75) is 6.54 Å². The van der Waals surface area contributed by atoms with Gasteiger partial charge in [-0.2, -0.15) is 0 Å². The van der Waals surface area contributed by atoms with Gasteiger partial charge in [-0.3, -0.25) is 9.59 Å². The lowest BCUT2D eigenvalue weighted by Crippen LogP contribution is -2.38. The minimum absolute atomic E-state index is 0.0180. The molecule has 0 unspecified atom stereocenters. The van der Waals surface area contributed by atoms with Gasteiger partial charge < -0.3 is 20.1 Å². The number of carbonyl (C=O) groups excluding carboxylic acids is 2. The Kier molecular flexibility index (Phi) is 4.68. The van der Waals surface area contributed by atoms with Crippen molar-refractivity contribution in [3.8, 4) is 11.5 Å². The van der Waals surface area contributed by atoms with Gasteiger partial charge in [0.2, 0.25) is 0 Å². The summed E-state index contributed by atoms with van der Waals surface area (Å²) in [6.07, 6.45) is 0. The fourth-order valence-electron chi connectivity index (χ4n) is 3.02. The Labute approximate surface area is 162 Å². The van der Waals surface area contributed by atoms with Gasteiger partial charge in [0.05, 0.1) is 12.2 Å². The Hall–Kier alpha value is -3.80. The molecule has 3 aromatic rings. The zero-order valence-electron chi connectivity index (χ0n) is 15.0. The smallest absolute Gasteiger partial charge is 0.265 e. The molecule has 0 atom stereocenters. The summed E-state index contributed by atoms with van der Waals surface area (Å²) in [5, 5.41) is 12.1. The first-order valence-electron chi connectivity index (χ1n) is 8.82. The van der Waals surface area contributed by atoms with Gasteiger partial charge in [-0.05, 0) is 54.1 Å². The van der Waals surface area contributed by atoms with Crippen molar-refractivity contribution in [2.75, 3.05) is 16.8 Å². The first-order valence-corrected chi connectivity index (χ1v) is 8.82. The lowest BCUT2D eigenvalue weighted by Gasteiger charge is -2.29. The van der Waals surface area contributed by atoms with Gasteiger partial charge >= 0.3 is 0 Å². The molecule has 0 fully saturated rings. The third-order valence-corrected chi connectivity index (χ3v) is 4.49. The highest BCUT2D eigenvalue weighted by atomic mass is 16.5. The van der Waals surface area contributed by atoms with Crippen LogP contribution in [0.5, 0.6) is 11.5 Å². The lowest BCUT2D eigenvalue weighted by atomic mass is 10.1. The van der Waals surface area contributed by atoms with E-state index in [0.717, 1.165) is 11.3 Å². The summed E-state index contributed by atoms with van der Waals surface area (Å²) in [5.41, 5.74) is 2.76. The number of rotatable bonds is 4. The number of nitrogens with one attached hydrogen (secondary N) is 1. The molecule has 0 aromatic heterocycles. The molecule has 6 nitrogen and oxygen atoms in total. The number of fused-ring (bicyclic) bond motifs is 1. The van der Waals surface area contributed by atoms with Crippen LogP contribution in [0.2, 0.25) is 0 Å². The van der Waals surface area contributed by atoms with E-state index in [2.05, 4.69) is 5.32 Å². The van der Waals surface area contributed by atoms with Crippen molar-refractivity contribution in [3.63, 3.8) is 0 Å². The zero-order chi connectivity index (χ0) is 19.5. The van der Waals surface area contributed by atoms with E-state index < -0.39 is 0 Å². The van der Waals surface area contributed by atoms with Crippen LogP contribution < -0.4 is 15.0 Å². The SMILES string of the molecule is O=C(Nc1ccc(O)cc1)c1ccc(CN2C(=O)COc3ccccc32)cc1. The molecule has 2 amide bonds. The van der Waals surface area contributed by atoms with Gasteiger partial charge in [-0.25, -0.2) is 0 Å². The topological polar surface area (TPSA) is 78.9 Å². The molecule has 6 heteroatoms. The maximum Gasteiger partial charge on any atom is 0.265 e. The standard InChI is InChI=1S/C22H18N2O4/c25-18-11-9-17(10-12-18)23-22(27)16-7-5-15(6-8-16)13-24-19-3-1-2-4-20(19)28-14-21(24)26/h1-12,25H,13-14H2,(H,23,27). The highest BCUT2D eigenvalue weighted by molar-refractivity contribution is 6.04. The van der Waals surface area contributed by atoms with Crippen molar-refractivity contribution >= 4 is 23.2 Å². The fraction of sp³-hybridized carbons (Fsp3) is 0.0909. The number of hydrogen-bond acceptors (Lipinski definition) is 4. The van der Waals surface area contributed by atoms with Gasteiger partial charge in [0.15, 0.2) is 6.61 Å². The van der Waals surface area contributed by atoms with E-state index in [-0.39, 0.29) is 24.2 Å². The van der Waals surface area contributed by atoms with Crippen LogP contribution in [0, 0.1) is 0 Å². The predicted molar refractivity (Wildman–Crippen MR) is 106 cm³/mol. The van der Waals surface area contributed by atoms with Gasteiger partial charge in [0, 0.05) is 11.3 Å². The molecule has 0 saturated carbocycles. The first-order chi connectivity index (χ1) is 13.6. The molecule has 0 bridgehead atoms. The van der Waals surface area contributed by atoms with Crippen LogP contribution in [0.4, 0.5) is 11.4 Å². The van der Waals surface area contributed by atoms with Crippen LogP contribution >= 0.6 is 0 Å². The number of phenols is 1. The first kappa shape index (κ1) is 17.6. The molecule has 1 aliphatic heterocycles. The van der Waals surface area contributed by atoms with Crippen LogP contribution in [0.1, 0.15) is 15.9 Å². The van der Waals surface area contributed by atoms with E-state index in [1.165, 1.54) is 12.1 Å². The van der Waals surface area contributed by atoms with Crippen LogP contribution in [-0.2, 0) is 11.3 Å².